The van der Waals surface area contributed by atoms with Gasteiger partial charge in [0.05, 0.1) is 11.8 Å². The summed E-state index contributed by atoms with van der Waals surface area (Å²) in [4.78, 5) is 9.17. The first-order valence-electron chi connectivity index (χ1n) is 6.79. The van der Waals surface area contributed by atoms with Crippen LogP contribution in [0.2, 0.25) is 0 Å². The molecule has 0 aliphatic heterocycles. The summed E-state index contributed by atoms with van der Waals surface area (Å²) >= 11 is 0. The molecule has 0 atom stereocenters. The summed E-state index contributed by atoms with van der Waals surface area (Å²) in [5.41, 5.74) is 4.34. The Labute approximate surface area is 114 Å². The number of hydrogen-bond acceptors (Lipinski definition) is 4. The van der Waals surface area contributed by atoms with E-state index in [1.165, 1.54) is 5.56 Å². The van der Waals surface area contributed by atoms with Crippen LogP contribution in [-0.4, -0.2) is 23.1 Å². The molecule has 4 heteroatoms. The normalized spacial score (nSPS) is 10.9. The average Bonchev–Trinajstić information content (AvgIpc) is 2.90. The third kappa shape index (κ3) is 3.41. The van der Waals surface area contributed by atoms with Crippen LogP contribution < -0.4 is 5.32 Å². The number of aromatic nitrogens is 2. The molecule has 0 amide bonds. The number of aryl methyl sites for hydroxylation is 2. The van der Waals surface area contributed by atoms with Crippen LogP contribution in [0.3, 0.4) is 0 Å². The van der Waals surface area contributed by atoms with Gasteiger partial charge in [0.25, 0.3) is 0 Å². The first kappa shape index (κ1) is 13.7. The van der Waals surface area contributed by atoms with Crippen LogP contribution in [0.15, 0.2) is 23.0 Å². The first-order valence-corrected chi connectivity index (χ1v) is 6.79. The van der Waals surface area contributed by atoms with Crippen molar-refractivity contribution in [2.45, 2.75) is 33.6 Å². The Morgan fingerprint density at radius 1 is 1.21 bits per heavy atom. The Morgan fingerprint density at radius 2 is 1.95 bits per heavy atom. The van der Waals surface area contributed by atoms with Crippen LogP contribution in [0.25, 0.3) is 11.4 Å². The number of furan rings is 1. The molecule has 0 aliphatic carbocycles. The van der Waals surface area contributed by atoms with E-state index in [2.05, 4.69) is 36.1 Å². The van der Waals surface area contributed by atoms with Gasteiger partial charge in [-0.25, -0.2) is 9.97 Å². The Morgan fingerprint density at radius 3 is 2.53 bits per heavy atom. The Bertz CT molecular complexity index is 497. The van der Waals surface area contributed by atoms with E-state index < -0.39 is 0 Å². The fourth-order valence-corrected chi connectivity index (χ4v) is 2.19. The highest BCUT2D eigenvalue weighted by atomic mass is 16.3. The average molecular weight is 259 g/mol. The van der Waals surface area contributed by atoms with Gasteiger partial charge in [0.15, 0.2) is 5.82 Å². The number of rotatable bonds is 6. The summed E-state index contributed by atoms with van der Waals surface area (Å²) in [6.07, 6.45) is 5.47. The maximum atomic E-state index is 5.08. The maximum absolute atomic E-state index is 5.08. The third-order valence-electron chi connectivity index (χ3n) is 3.23. The third-order valence-corrected chi connectivity index (χ3v) is 3.23. The summed E-state index contributed by atoms with van der Waals surface area (Å²) in [7, 11) is 0. The topological polar surface area (TPSA) is 51.0 Å². The minimum atomic E-state index is 0.749. The lowest BCUT2D eigenvalue weighted by atomic mass is 10.1. The van der Waals surface area contributed by atoms with Gasteiger partial charge in [-0.2, -0.15) is 0 Å². The predicted molar refractivity (Wildman–Crippen MR) is 76.1 cm³/mol. The van der Waals surface area contributed by atoms with E-state index in [0.29, 0.717) is 0 Å². The van der Waals surface area contributed by atoms with Gasteiger partial charge < -0.3 is 9.73 Å². The highest BCUT2D eigenvalue weighted by Crippen LogP contribution is 2.19. The van der Waals surface area contributed by atoms with Gasteiger partial charge in [-0.15, -0.1) is 0 Å². The second kappa shape index (κ2) is 6.48. The summed E-state index contributed by atoms with van der Waals surface area (Å²) in [5, 5.41) is 3.34. The molecule has 2 aromatic heterocycles. The number of hydrogen-bond donors (Lipinski definition) is 1. The summed E-state index contributed by atoms with van der Waals surface area (Å²) in [6, 6.07) is 1.89. The molecule has 0 saturated carbocycles. The number of nitrogens with one attached hydrogen (secondary N) is 1. The van der Waals surface area contributed by atoms with E-state index >= 15 is 0 Å². The molecule has 0 saturated heterocycles. The predicted octanol–water partition coefficient (Wildman–Crippen LogP) is 2.90. The second-order valence-corrected chi connectivity index (χ2v) is 4.67. The minimum absolute atomic E-state index is 0.749. The lowest BCUT2D eigenvalue weighted by molar-refractivity contribution is 0.568. The molecule has 2 heterocycles. The molecule has 0 unspecified atom stereocenters. The molecule has 0 radical (unpaired) electrons. The van der Waals surface area contributed by atoms with Crippen molar-refractivity contribution in [2.24, 2.45) is 0 Å². The van der Waals surface area contributed by atoms with Crippen molar-refractivity contribution in [1.29, 1.82) is 0 Å². The van der Waals surface area contributed by atoms with E-state index in [4.69, 9.17) is 4.42 Å². The smallest absolute Gasteiger partial charge is 0.162 e. The Hall–Kier alpha value is -1.68. The standard InChI is InChI=1S/C15H21N3O/c1-4-16-8-5-6-14-11(2)17-15(18-12(14)3)13-7-9-19-10-13/h7,9-10,16H,4-6,8H2,1-3H3. The zero-order valence-electron chi connectivity index (χ0n) is 11.9. The zero-order chi connectivity index (χ0) is 13.7. The molecule has 0 aliphatic rings. The Balaban J connectivity index is 2.13. The maximum Gasteiger partial charge on any atom is 0.162 e. The van der Waals surface area contributed by atoms with Crippen molar-refractivity contribution in [2.75, 3.05) is 13.1 Å². The van der Waals surface area contributed by atoms with Crippen molar-refractivity contribution >= 4 is 0 Å². The van der Waals surface area contributed by atoms with Crippen LogP contribution in [0.4, 0.5) is 0 Å². The van der Waals surface area contributed by atoms with Gasteiger partial charge in [-0.1, -0.05) is 6.92 Å². The fourth-order valence-electron chi connectivity index (χ4n) is 2.19. The largest absolute Gasteiger partial charge is 0.472 e. The second-order valence-electron chi connectivity index (χ2n) is 4.67. The summed E-state index contributed by atoms with van der Waals surface area (Å²) in [6.45, 7) is 8.30. The molecule has 102 valence electrons. The van der Waals surface area contributed by atoms with E-state index in [1.807, 2.05) is 6.07 Å². The van der Waals surface area contributed by atoms with Crippen LogP contribution in [0, 0.1) is 13.8 Å². The van der Waals surface area contributed by atoms with Gasteiger partial charge in [0, 0.05) is 11.4 Å². The summed E-state index contributed by atoms with van der Waals surface area (Å²) in [5.74, 6) is 0.749. The number of nitrogens with zero attached hydrogens (tertiary/aromatic N) is 2. The molecule has 2 aromatic rings. The minimum Gasteiger partial charge on any atom is -0.472 e. The fraction of sp³-hybridized carbons (Fsp3) is 0.467. The molecule has 0 spiro atoms. The van der Waals surface area contributed by atoms with Gasteiger partial charge in [0.1, 0.15) is 6.26 Å². The Kier molecular flexibility index (Phi) is 4.68. The molecule has 1 N–H and O–H groups in total. The van der Waals surface area contributed by atoms with Crippen LogP contribution in [0.1, 0.15) is 30.3 Å². The van der Waals surface area contributed by atoms with E-state index in [9.17, 15) is 0 Å². The highest BCUT2D eigenvalue weighted by molar-refractivity contribution is 5.53. The van der Waals surface area contributed by atoms with Crippen molar-refractivity contribution in [3.8, 4) is 11.4 Å². The molecule has 0 aromatic carbocycles. The van der Waals surface area contributed by atoms with Gasteiger partial charge in [0.2, 0.25) is 0 Å². The zero-order valence-corrected chi connectivity index (χ0v) is 11.9. The van der Waals surface area contributed by atoms with Crippen LogP contribution >= 0.6 is 0 Å². The van der Waals surface area contributed by atoms with Gasteiger partial charge in [-0.05, 0) is 51.4 Å². The molecule has 2 rings (SSSR count). The lowest BCUT2D eigenvalue weighted by Crippen LogP contribution is -2.15. The van der Waals surface area contributed by atoms with Crippen molar-refractivity contribution in [3.05, 3.63) is 35.5 Å². The van der Waals surface area contributed by atoms with Gasteiger partial charge >= 0.3 is 0 Å². The molecule has 0 bridgehead atoms. The molecule has 19 heavy (non-hydrogen) atoms. The monoisotopic (exact) mass is 259 g/mol. The lowest BCUT2D eigenvalue weighted by Gasteiger charge is -2.10. The molecular formula is C15H21N3O. The van der Waals surface area contributed by atoms with Crippen molar-refractivity contribution < 1.29 is 4.42 Å². The van der Waals surface area contributed by atoms with E-state index in [-0.39, 0.29) is 0 Å². The highest BCUT2D eigenvalue weighted by Gasteiger charge is 2.10. The molecular weight excluding hydrogens is 238 g/mol. The molecule has 4 nitrogen and oxygen atoms in total. The van der Waals surface area contributed by atoms with Crippen molar-refractivity contribution in [3.63, 3.8) is 0 Å². The van der Waals surface area contributed by atoms with Crippen LogP contribution in [0.5, 0.6) is 0 Å². The van der Waals surface area contributed by atoms with Gasteiger partial charge in [-0.3, -0.25) is 0 Å². The van der Waals surface area contributed by atoms with Crippen molar-refractivity contribution in [1.82, 2.24) is 15.3 Å². The van der Waals surface area contributed by atoms with E-state index in [0.717, 1.165) is 48.7 Å². The quantitative estimate of drug-likeness (QED) is 0.810. The SMILES string of the molecule is CCNCCCc1c(C)nc(-c2ccoc2)nc1C. The van der Waals surface area contributed by atoms with Crippen LogP contribution in [-0.2, 0) is 6.42 Å². The first-order chi connectivity index (χ1) is 9.22. The summed E-state index contributed by atoms with van der Waals surface area (Å²) < 4.78 is 5.08. The molecule has 0 fully saturated rings. The van der Waals surface area contributed by atoms with E-state index in [1.54, 1.807) is 12.5 Å².